The fraction of sp³-hybridized carbons (Fsp3) is 0.667. The van der Waals surface area contributed by atoms with E-state index >= 15 is 0 Å². The fourth-order valence-electron chi connectivity index (χ4n) is 3.27. The molecular formula is C15H23N3S. The number of rotatable bonds is 2. The van der Waals surface area contributed by atoms with Gasteiger partial charge >= 0.3 is 0 Å². The summed E-state index contributed by atoms with van der Waals surface area (Å²) in [4.78, 5) is 8.30. The molecule has 104 valence electrons. The highest BCUT2D eigenvalue weighted by atomic mass is 32.1. The number of hydrogen-bond acceptors (Lipinski definition) is 4. The van der Waals surface area contributed by atoms with Crippen LogP contribution >= 0.6 is 11.3 Å². The Bertz CT molecular complexity index is 466. The van der Waals surface area contributed by atoms with E-state index in [1.165, 1.54) is 30.6 Å². The van der Waals surface area contributed by atoms with Crippen LogP contribution in [0.25, 0.3) is 0 Å². The van der Waals surface area contributed by atoms with E-state index < -0.39 is 0 Å². The second kappa shape index (κ2) is 4.51. The van der Waals surface area contributed by atoms with E-state index in [-0.39, 0.29) is 5.54 Å². The van der Waals surface area contributed by atoms with Gasteiger partial charge in [0.05, 0.1) is 18.6 Å². The highest BCUT2D eigenvalue weighted by Gasteiger charge is 2.46. The quantitative estimate of drug-likeness (QED) is 0.902. The first-order chi connectivity index (χ1) is 9.01. The minimum Gasteiger partial charge on any atom is -0.370 e. The molecule has 1 aromatic rings. The predicted molar refractivity (Wildman–Crippen MR) is 81.3 cm³/mol. The molecule has 2 N–H and O–H groups in total. The van der Waals surface area contributed by atoms with Crippen molar-refractivity contribution in [1.82, 2.24) is 4.90 Å². The maximum absolute atomic E-state index is 6.15. The molecule has 1 fully saturated rings. The van der Waals surface area contributed by atoms with E-state index in [1.807, 2.05) is 0 Å². The molecule has 3 nitrogen and oxygen atoms in total. The highest BCUT2D eigenvalue weighted by Crippen LogP contribution is 2.45. The summed E-state index contributed by atoms with van der Waals surface area (Å²) in [6.07, 6.45) is 4.98. The molecule has 0 amide bonds. The molecule has 1 spiro atoms. The Kier molecular flexibility index (Phi) is 3.08. The first-order valence-electron chi connectivity index (χ1n) is 7.11. The Morgan fingerprint density at radius 2 is 2.05 bits per heavy atom. The minimum atomic E-state index is 0.198. The molecule has 0 radical (unpaired) electrons. The summed E-state index contributed by atoms with van der Waals surface area (Å²) >= 11 is 1.81. The molecule has 0 aromatic carbocycles. The lowest BCUT2D eigenvalue weighted by molar-refractivity contribution is 0.0795. The van der Waals surface area contributed by atoms with Crippen LogP contribution in [0.3, 0.4) is 0 Å². The Hall–Kier alpha value is -1.03. The van der Waals surface area contributed by atoms with Crippen LogP contribution in [0.4, 0.5) is 0 Å². The maximum Gasteiger partial charge on any atom is 0.192 e. The first kappa shape index (κ1) is 13.0. The zero-order valence-electron chi connectivity index (χ0n) is 11.9. The van der Waals surface area contributed by atoms with Crippen LogP contribution in [0.2, 0.25) is 0 Å². The van der Waals surface area contributed by atoms with E-state index in [9.17, 15) is 0 Å². The number of nitrogens with two attached hydrogens (primary N) is 1. The van der Waals surface area contributed by atoms with E-state index in [4.69, 9.17) is 5.73 Å². The van der Waals surface area contributed by atoms with Gasteiger partial charge in [-0.05, 0) is 42.5 Å². The number of aliphatic imine (C=N–C) groups is 1. The molecule has 2 heterocycles. The second-order valence-electron chi connectivity index (χ2n) is 6.73. The van der Waals surface area contributed by atoms with E-state index in [1.54, 1.807) is 11.3 Å². The van der Waals surface area contributed by atoms with Crippen LogP contribution in [0.1, 0.15) is 44.4 Å². The molecule has 0 bridgehead atoms. The van der Waals surface area contributed by atoms with Gasteiger partial charge in [0.25, 0.3) is 0 Å². The first-order valence-corrected chi connectivity index (χ1v) is 7.99. The SMILES string of the molecule is CC1(C)CCC2(CC1)CN=C(N)N2Cc1cccs1. The van der Waals surface area contributed by atoms with E-state index in [2.05, 4.69) is 41.3 Å². The highest BCUT2D eigenvalue weighted by molar-refractivity contribution is 7.09. The molecular weight excluding hydrogens is 254 g/mol. The molecule has 1 aromatic heterocycles. The fourth-order valence-corrected chi connectivity index (χ4v) is 3.96. The van der Waals surface area contributed by atoms with Gasteiger partial charge in [-0.3, -0.25) is 4.99 Å². The molecule has 0 saturated heterocycles. The average molecular weight is 277 g/mol. The lowest BCUT2D eigenvalue weighted by Gasteiger charge is -2.46. The van der Waals surface area contributed by atoms with Crippen molar-refractivity contribution in [3.63, 3.8) is 0 Å². The standard InChI is InChI=1S/C15H23N3S/c1-14(2)5-7-15(8-6-14)11-17-13(16)18(15)10-12-4-3-9-19-12/h3-4,9H,5-8,10-11H2,1-2H3,(H2,16,17). The number of thiophene rings is 1. The van der Waals surface area contributed by atoms with Crippen molar-refractivity contribution in [2.75, 3.05) is 6.54 Å². The zero-order valence-corrected chi connectivity index (χ0v) is 12.7. The minimum absolute atomic E-state index is 0.198. The Morgan fingerprint density at radius 3 is 2.68 bits per heavy atom. The summed E-state index contributed by atoms with van der Waals surface area (Å²) < 4.78 is 0. The Balaban J connectivity index is 1.78. The zero-order chi connectivity index (χ0) is 13.5. The van der Waals surface area contributed by atoms with Crippen molar-refractivity contribution in [2.45, 2.75) is 51.6 Å². The van der Waals surface area contributed by atoms with Crippen LogP contribution in [-0.4, -0.2) is 22.9 Å². The molecule has 2 aliphatic rings. The summed E-state index contributed by atoms with van der Waals surface area (Å²) in [5.74, 6) is 0.744. The van der Waals surface area contributed by atoms with Gasteiger partial charge < -0.3 is 10.6 Å². The van der Waals surface area contributed by atoms with Gasteiger partial charge in [0, 0.05) is 4.88 Å². The van der Waals surface area contributed by atoms with Crippen LogP contribution in [0, 0.1) is 5.41 Å². The lowest BCUT2D eigenvalue weighted by Crippen LogP contribution is -2.53. The third-order valence-corrected chi connectivity index (χ3v) is 5.67. The molecule has 19 heavy (non-hydrogen) atoms. The summed E-state index contributed by atoms with van der Waals surface area (Å²) in [7, 11) is 0. The van der Waals surface area contributed by atoms with E-state index in [0.29, 0.717) is 5.41 Å². The van der Waals surface area contributed by atoms with Gasteiger partial charge in [-0.1, -0.05) is 19.9 Å². The van der Waals surface area contributed by atoms with Gasteiger partial charge in [-0.25, -0.2) is 0 Å². The molecule has 1 saturated carbocycles. The molecule has 0 atom stereocenters. The van der Waals surface area contributed by atoms with Crippen molar-refractivity contribution in [1.29, 1.82) is 0 Å². The number of guanidine groups is 1. The summed E-state index contributed by atoms with van der Waals surface area (Å²) in [5, 5.41) is 2.13. The third kappa shape index (κ3) is 2.38. The van der Waals surface area contributed by atoms with Gasteiger partial charge in [0.15, 0.2) is 5.96 Å². The topological polar surface area (TPSA) is 41.6 Å². The van der Waals surface area contributed by atoms with Crippen molar-refractivity contribution < 1.29 is 0 Å². The summed E-state index contributed by atoms with van der Waals surface area (Å²) in [5.41, 5.74) is 6.83. The monoisotopic (exact) mass is 277 g/mol. The van der Waals surface area contributed by atoms with Gasteiger partial charge in [-0.2, -0.15) is 0 Å². The molecule has 1 aliphatic heterocycles. The van der Waals surface area contributed by atoms with Crippen molar-refractivity contribution in [3.05, 3.63) is 22.4 Å². The van der Waals surface area contributed by atoms with Gasteiger partial charge in [0.2, 0.25) is 0 Å². The summed E-state index contributed by atoms with van der Waals surface area (Å²) in [6.45, 7) is 6.57. The van der Waals surface area contributed by atoms with Crippen LogP contribution in [0.15, 0.2) is 22.5 Å². The molecule has 4 heteroatoms. The smallest absolute Gasteiger partial charge is 0.192 e. The summed E-state index contributed by atoms with van der Waals surface area (Å²) in [6, 6.07) is 4.30. The largest absolute Gasteiger partial charge is 0.370 e. The van der Waals surface area contributed by atoms with Crippen molar-refractivity contribution >= 4 is 17.3 Å². The third-order valence-electron chi connectivity index (χ3n) is 4.81. The number of hydrogen-bond donors (Lipinski definition) is 1. The average Bonchev–Trinajstić information content (AvgIpc) is 2.97. The maximum atomic E-state index is 6.15. The Morgan fingerprint density at radius 1 is 1.32 bits per heavy atom. The Labute approximate surface area is 119 Å². The van der Waals surface area contributed by atoms with Crippen LogP contribution in [-0.2, 0) is 6.54 Å². The molecule has 3 rings (SSSR count). The molecule has 0 unspecified atom stereocenters. The normalized spacial score (nSPS) is 24.7. The predicted octanol–water partition coefficient (Wildman–Crippen LogP) is 3.22. The van der Waals surface area contributed by atoms with Crippen molar-refractivity contribution in [3.8, 4) is 0 Å². The lowest BCUT2D eigenvalue weighted by atomic mass is 9.69. The number of nitrogens with zero attached hydrogens (tertiary/aromatic N) is 2. The van der Waals surface area contributed by atoms with Gasteiger partial charge in [-0.15, -0.1) is 11.3 Å². The van der Waals surface area contributed by atoms with Gasteiger partial charge in [0.1, 0.15) is 0 Å². The van der Waals surface area contributed by atoms with E-state index in [0.717, 1.165) is 19.0 Å². The second-order valence-corrected chi connectivity index (χ2v) is 7.76. The van der Waals surface area contributed by atoms with Crippen LogP contribution < -0.4 is 5.73 Å². The van der Waals surface area contributed by atoms with Crippen molar-refractivity contribution in [2.24, 2.45) is 16.1 Å². The molecule has 1 aliphatic carbocycles. The van der Waals surface area contributed by atoms with Crippen LogP contribution in [0.5, 0.6) is 0 Å².